The van der Waals surface area contributed by atoms with Gasteiger partial charge in [-0.25, -0.2) is 10.2 Å². The van der Waals surface area contributed by atoms with Crippen molar-refractivity contribution in [3.8, 4) is 0 Å². The van der Waals surface area contributed by atoms with Crippen LogP contribution in [-0.4, -0.2) is 11.9 Å². The largest absolute Gasteiger partial charge is 0.300 e. The average Bonchev–Trinajstić information content (AvgIpc) is 1.69. The molecule has 0 atom stereocenters. The van der Waals surface area contributed by atoms with Gasteiger partial charge in [-0.2, -0.15) is 0 Å². The van der Waals surface area contributed by atoms with E-state index in [1.807, 2.05) is 6.92 Å². The molecule has 0 aromatic heterocycles. The van der Waals surface area contributed by atoms with Crippen molar-refractivity contribution in [2.75, 3.05) is 0 Å². The molecule has 0 aromatic carbocycles. The van der Waals surface area contributed by atoms with E-state index >= 15 is 0 Å². The van der Waals surface area contributed by atoms with E-state index < -0.39 is 0 Å². The number of ketones is 1. The van der Waals surface area contributed by atoms with Gasteiger partial charge in [0.1, 0.15) is 5.78 Å². The molecule has 0 heterocycles. The molecule has 46 valence electrons. The first-order valence-electron chi connectivity index (χ1n) is 2.22. The number of hydrogen-bond acceptors (Lipinski definition) is 3. The highest BCUT2D eigenvalue weighted by atomic mass is 16.1. The molecule has 8 heavy (non-hydrogen) atoms. The van der Waals surface area contributed by atoms with Crippen molar-refractivity contribution in [3.63, 3.8) is 0 Å². The Balaban J connectivity index is 0. The molecule has 0 rings (SSSR count). The maximum atomic E-state index is 9.81. The summed E-state index contributed by atoms with van der Waals surface area (Å²) in [6, 6.07) is 0. The Morgan fingerprint density at radius 2 is 1.88 bits per heavy atom. The van der Waals surface area contributed by atoms with Gasteiger partial charge >= 0.3 is 0 Å². The summed E-state index contributed by atoms with van der Waals surface area (Å²) in [7, 11) is 0. The van der Waals surface area contributed by atoms with Gasteiger partial charge in [-0.1, -0.05) is 6.92 Å². The summed E-state index contributed by atoms with van der Waals surface area (Å²) in [5.41, 5.74) is 0. The molecule has 0 aromatic rings. The Hall–Kier alpha value is -0.950. The van der Waals surface area contributed by atoms with Crippen LogP contribution in [0, 0.1) is 5.41 Å². The van der Waals surface area contributed by atoms with Crippen LogP contribution in [0.5, 0.6) is 0 Å². The normalized spacial score (nSPS) is 5.75. The SMILES string of the molecule is CCC(C)=O.N=C=O. The first kappa shape index (κ1) is 10.1. The molecule has 1 N–H and O–H groups in total. The van der Waals surface area contributed by atoms with Crippen molar-refractivity contribution >= 4 is 11.9 Å². The molecule has 0 unspecified atom stereocenters. The van der Waals surface area contributed by atoms with Crippen LogP contribution in [0.4, 0.5) is 0 Å². The predicted octanol–water partition coefficient (Wildman–Crippen LogP) is 0.886. The van der Waals surface area contributed by atoms with Crippen LogP contribution in [0.3, 0.4) is 0 Å². The number of carbonyl (C=O) groups excluding carboxylic acids is 2. The topological polar surface area (TPSA) is 58.0 Å². The van der Waals surface area contributed by atoms with Crippen molar-refractivity contribution in [2.24, 2.45) is 0 Å². The highest BCUT2D eigenvalue weighted by Crippen LogP contribution is 1.71. The zero-order valence-electron chi connectivity index (χ0n) is 5.02. The third-order valence-electron chi connectivity index (χ3n) is 0.498. The smallest absolute Gasteiger partial charge is 0.231 e. The minimum atomic E-state index is 0.255. The molecule has 0 fully saturated rings. The first-order valence-corrected chi connectivity index (χ1v) is 2.22. The fraction of sp³-hybridized carbons (Fsp3) is 0.600. The molecular weight excluding hydrogens is 106 g/mol. The Morgan fingerprint density at radius 3 is 1.88 bits per heavy atom. The van der Waals surface area contributed by atoms with Gasteiger partial charge < -0.3 is 4.79 Å². The maximum Gasteiger partial charge on any atom is 0.231 e. The lowest BCUT2D eigenvalue weighted by Crippen LogP contribution is -1.80. The summed E-state index contributed by atoms with van der Waals surface area (Å²) in [5.74, 6) is 0.255. The Labute approximate surface area is 48.2 Å². The van der Waals surface area contributed by atoms with E-state index in [-0.39, 0.29) is 5.78 Å². The molecule has 0 amide bonds. The molecule has 0 bridgehead atoms. The van der Waals surface area contributed by atoms with Gasteiger partial charge in [-0.05, 0) is 6.92 Å². The molecule has 3 nitrogen and oxygen atoms in total. The van der Waals surface area contributed by atoms with Crippen molar-refractivity contribution < 1.29 is 9.59 Å². The highest BCUT2D eigenvalue weighted by Gasteiger charge is 1.76. The first-order chi connectivity index (χ1) is 3.68. The Kier molecular flexibility index (Phi) is 11.9. The zero-order chi connectivity index (χ0) is 6.99. The summed E-state index contributed by atoms with van der Waals surface area (Å²) in [4.78, 5) is 18.2. The quantitative estimate of drug-likeness (QED) is 0.407. The van der Waals surface area contributed by atoms with E-state index in [9.17, 15) is 4.79 Å². The van der Waals surface area contributed by atoms with Crippen molar-refractivity contribution in [2.45, 2.75) is 20.3 Å². The number of hydrogen-bond donors (Lipinski definition) is 1. The van der Waals surface area contributed by atoms with Crippen LogP contribution >= 0.6 is 0 Å². The monoisotopic (exact) mass is 115 g/mol. The van der Waals surface area contributed by atoms with E-state index in [1.165, 1.54) is 0 Å². The summed E-state index contributed by atoms with van der Waals surface area (Å²) < 4.78 is 0. The molecule has 0 aliphatic rings. The third kappa shape index (κ3) is 75.1. The fourth-order valence-corrected chi connectivity index (χ4v) is 0. The Bertz CT molecular complexity index is 92.6. The second kappa shape index (κ2) is 9.41. The predicted molar refractivity (Wildman–Crippen MR) is 29.4 cm³/mol. The van der Waals surface area contributed by atoms with E-state index in [4.69, 9.17) is 10.2 Å². The van der Waals surface area contributed by atoms with Crippen molar-refractivity contribution in [3.05, 3.63) is 0 Å². The third-order valence-corrected chi connectivity index (χ3v) is 0.498. The molecule has 0 spiro atoms. The van der Waals surface area contributed by atoms with Gasteiger partial charge in [0, 0.05) is 6.42 Å². The van der Waals surface area contributed by atoms with E-state index in [0.29, 0.717) is 6.42 Å². The van der Waals surface area contributed by atoms with E-state index in [2.05, 4.69) is 0 Å². The second-order valence-electron chi connectivity index (χ2n) is 1.16. The summed E-state index contributed by atoms with van der Waals surface area (Å²) in [6.45, 7) is 3.43. The van der Waals surface area contributed by atoms with Crippen molar-refractivity contribution in [1.29, 1.82) is 5.41 Å². The number of isocyanates is 1. The standard InChI is InChI=1S/C4H8O.CHNO/c1-3-4(2)5;2-1-3/h3H2,1-2H3;2H. The summed E-state index contributed by atoms with van der Waals surface area (Å²) in [5, 5.41) is 5.40. The average molecular weight is 115 g/mol. The lowest BCUT2D eigenvalue weighted by atomic mass is 10.4. The van der Waals surface area contributed by atoms with Crippen LogP contribution in [0.1, 0.15) is 20.3 Å². The fourth-order valence-electron chi connectivity index (χ4n) is 0. The minimum Gasteiger partial charge on any atom is -0.300 e. The van der Waals surface area contributed by atoms with Crippen LogP contribution in [0.2, 0.25) is 0 Å². The lowest BCUT2D eigenvalue weighted by molar-refractivity contribution is -0.116. The molecular formula is C5H9NO2. The number of carbonyl (C=O) groups is 1. The molecule has 0 aliphatic heterocycles. The van der Waals surface area contributed by atoms with Gasteiger partial charge in [0.25, 0.3) is 0 Å². The van der Waals surface area contributed by atoms with Gasteiger partial charge in [0.05, 0.1) is 0 Å². The van der Waals surface area contributed by atoms with Crippen molar-refractivity contribution in [1.82, 2.24) is 0 Å². The summed E-state index contributed by atoms with van der Waals surface area (Å²) in [6.07, 6.45) is 1.42. The van der Waals surface area contributed by atoms with Crippen LogP contribution in [-0.2, 0) is 9.59 Å². The van der Waals surface area contributed by atoms with Gasteiger partial charge in [-0.3, -0.25) is 0 Å². The maximum absolute atomic E-state index is 9.81. The number of nitrogens with one attached hydrogen (secondary N) is 1. The van der Waals surface area contributed by atoms with Crippen LogP contribution < -0.4 is 0 Å². The zero-order valence-corrected chi connectivity index (χ0v) is 5.02. The molecule has 3 heteroatoms. The molecule has 0 aliphatic carbocycles. The van der Waals surface area contributed by atoms with Gasteiger partial charge in [-0.15, -0.1) is 0 Å². The van der Waals surface area contributed by atoms with Gasteiger partial charge in [0.2, 0.25) is 6.08 Å². The Morgan fingerprint density at radius 1 is 1.75 bits per heavy atom. The van der Waals surface area contributed by atoms with Crippen LogP contribution in [0.15, 0.2) is 0 Å². The molecule has 0 radical (unpaired) electrons. The van der Waals surface area contributed by atoms with E-state index in [1.54, 1.807) is 6.92 Å². The second-order valence-corrected chi connectivity index (χ2v) is 1.16. The summed E-state index contributed by atoms with van der Waals surface area (Å²) >= 11 is 0. The van der Waals surface area contributed by atoms with Crippen LogP contribution in [0.25, 0.3) is 0 Å². The number of Topliss-reactive ketones (excluding diaryl/α,β-unsaturated/α-hetero) is 1. The lowest BCUT2D eigenvalue weighted by Gasteiger charge is -1.71. The molecule has 0 saturated carbocycles. The molecule has 0 saturated heterocycles. The van der Waals surface area contributed by atoms with Gasteiger partial charge in [0.15, 0.2) is 0 Å². The highest BCUT2D eigenvalue weighted by molar-refractivity contribution is 5.74. The minimum absolute atomic E-state index is 0.255. The van der Waals surface area contributed by atoms with E-state index in [0.717, 1.165) is 6.08 Å². The number of rotatable bonds is 1.